The van der Waals surface area contributed by atoms with E-state index in [2.05, 4.69) is 20.3 Å². The molecule has 88 valence electrons. The highest BCUT2D eigenvalue weighted by atomic mass is 32.2. The molecular weight excluding hydrogens is 238 g/mol. The van der Waals surface area contributed by atoms with Crippen LogP contribution in [-0.2, 0) is 0 Å². The number of nitrogens with zero attached hydrogens (tertiary/aromatic N) is 3. The lowest BCUT2D eigenvalue weighted by atomic mass is 10.1. The number of H-pyrrole nitrogens is 1. The van der Waals surface area contributed by atoms with Gasteiger partial charge in [-0.2, -0.15) is 5.10 Å². The van der Waals surface area contributed by atoms with E-state index in [1.807, 2.05) is 25.1 Å². The van der Waals surface area contributed by atoms with Crippen molar-refractivity contribution >= 4 is 17.6 Å². The molecule has 0 spiro atoms. The molecule has 0 amide bonds. The average Bonchev–Trinajstić information content (AvgIpc) is 2.83. The van der Waals surface area contributed by atoms with Crippen LogP contribution in [0.5, 0.6) is 0 Å². The summed E-state index contributed by atoms with van der Waals surface area (Å²) in [5, 5.41) is 18.9. The zero-order valence-corrected chi connectivity index (χ0v) is 9.90. The number of benzene rings is 1. The minimum absolute atomic E-state index is 0.0794. The molecule has 0 radical (unpaired) electrons. The largest absolute Gasteiger partial charge is 0.409 e. The summed E-state index contributed by atoms with van der Waals surface area (Å²) in [5.74, 6) is 0.0794. The number of hydrogen-bond donors (Lipinski definition) is 3. The summed E-state index contributed by atoms with van der Waals surface area (Å²) >= 11 is 1.37. The number of aromatic nitrogens is 3. The Labute approximate surface area is 102 Å². The summed E-state index contributed by atoms with van der Waals surface area (Å²) in [7, 11) is 0. The van der Waals surface area contributed by atoms with Gasteiger partial charge in [-0.15, -0.1) is 0 Å². The number of nitrogens with one attached hydrogen (secondary N) is 1. The van der Waals surface area contributed by atoms with Gasteiger partial charge in [-0.05, 0) is 30.8 Å². The summed E-state index contributed by atoms with van der Waals surface area (Å²) in [5.41, 5.74) is 7.34. The molecule has 0 fully saturated rings. The van der Waals surface area contributed by atoms with Crippen molar-refractivity contribution in [3.63, 3.8) is 0 Å². The average molecular weight is 249 g/mol. The lowest BCUT2D eigenvalue weighted by Gasteiger charge is -2.07. The normalized spacial score (nSPS) is 11.7. The van der Waals surface area contributed by atoms with Crippen molar-refractivity contribution in [2.45, 2.75) is 17.0 Å². The first-order valence-electron chi connectivity index (χ1n) is 4.82. The highest BCUT2D eigenvalue weighted by Gasteiger charge is 2.10. The molecule has 0 saturated carbocycles. The third-order valence-corrected chi connectivity index (χ3v) is 3.08. The monoisotopic (exact) mass is 249 g/mol. The van der Waals surface area contributed by atoms with Gasteiger partial charge in [0, 0.05) is 10.5 Å². The van der Waals surface area contributed by atoms with E-state index in [4.69, 9.17) is 10.9 Å². The summed E-state index contributed by atoms with van der Waals surface area (Å²) < 4.78 is 0. The number of aromatic amines is 1. The van der Waals surface area contributed by atoms with Crippen molar-refractivity contribution in [1.82, 2.24) is 15.2 Å². The van der Waals surface area contributed by atoms with Crippen molar-refractivity contribution in [2.24, 2.45) is 10.9 Å². The SMILES string of the molecule is Cc1ccc(Sc2ncn[nH]2)c(/C(N)=N/O)c1. The van der Waals surface area contributed by atoms with E-state index >= 15 is 0 Å². The first kappa shape index (κ1) is 11.5. The Morgan fingerprint density at radius 1 is 1.53 bits per heavy atom. The molecule has 1 aromatic heterocycles. The van der Waals surface area contributed by atoms with Crippen molar-refractivity contribution in [3.05, 3.63) is 35.7 Å². The predicted octanol–water partition coefficient (Wildman–Crippen LogP) is 1.36. The number of amidine groups is 1. The molecule has 0 aliphatic rings. The van der Waals surface area contributed by atoms with Gasteiger partial charge < -0.3 is 10.9 Å². The Morgan fingerprint density at radius 3 is 3.00 bits per heavy atom. The Hall–Kier alpha value is -2.02. The van der Waals surface area contributed by atoms with E-state index in [1.54, 1.807) is 0 Å². The maximum absolute atomic E-state index is 8.75. The highest BCUT2D eigenvalue weighted by molar-refractivity contribution is 7.99. The summed E-state index contributed by atoms with van der Waals surface area (Å²) in [6.07, 6.45) is 1.43. The van der Waals surface area contributed by atoms with Gasteiger partial charge in [-0.1, -0.05) is 16.8 Å². The number of rotatable bonds is 3. The highest BCUT2D eigenvalue weighted by Crippen LogP contribution is 2.28. The molecule has 1 heterocycles. The molecule has 2 aromatic rings. The number of oxime groups is 1. The van der Waals surface area contributed by atoms with E-state index < -0.39 is 0 Å². The molecule has 0 atom stereocenters. The zero-order chi connectivity index (χ0) is 12.3. The van der Waals surface area contributed by atoms with Crippen LogP contribution in [0.3, 0.4) is 0 Å². The first-order chi connectivity index (χ1) is 8.20. The molecule has 17 heavy (non-hydrogen) atoms. The molecule has 0 saturated heterocycles. The van der Waals surface area contributed by atoms with Crippen LogP contribution < -0.4 is 5.73 Å². The fraction of sp³-hybridized carbons (Fsp3) is 0.100. The Bertz CT molecular complexity index is 538. The summed E-state index contributed by atoms with van der Waals surface area (Å²) in [6.45, 7) is 1.94. The van der Waals surface area contributed by atoms with Gasteiger partial charge >= 0.3 is 0 Å². The smallest absolute Gasteiger partial charge is 0.188 e. The number of aryl methyl sites for hydroxylation is 1. The quantitative estimate of drug-likeness (QED) is 0.330. The van der Waals surface area contributed by atoms with E-state index in [9.17, 15) is 0 Å². The molecular formula is C10H11N5OS. The number of nitrogens with two attached hydrogens (primary N) is 1. The lowest BCUT2D eigenvalue weighted by molar-refractivity contribution is 0.318. The Kier molecular flexibility index (Phi) is 3.29. The molecule has 0 bridgehead atoms. The molecule has 4 N–H and O–H groups in total. The van der Waals surface area contributed by atoms with Gasteiger partial charge in [0.05, 0.1) is 0 Å². The van der Waals surface area contributed by atoms with Crippen LogP contribution in [0.1, 0.15) is 11.1 Å². The van der Waals surface area contributed by atoms with E-state index in [-0.39, 0.29) is 5.84 Å². The second-order valence-electron chi connectivity index (χ2n) is 3.38. The van der Waals surface area contributed by atoms with Crippen molar-refractivity contribution in [2.75, 3.05) is 0 Å². The van der Waals surface area contributed by atoms with Crippen LogP contribution in [0.2, 0.25) is 0 Å². The maximum atomic E-state index is 8.75. The topological polar surface area (TPSA) is 100 Å². The zero-order valence-electron chi connectivity index (χ0n) is 9.08. The van der Waals surface area contributed by atoms with Crippen LogP contribution >= 0.6 is 11.8 Å². The summed E-state index contributed by atoms with van der Waals surface area (Å²) in [4.78, 5) is 4.86. The first-order valence-corrected chi connectivity index (χ1v) is 5.64. The molecule has 6 nitrogen and oxygen atoms in total. The molecule has 0 aliphatic heterocycles. The fourth-order valence-electron chi connectivity index (χ4n) is 1.33. The lowest BCUT2D eigenvalue weighted by Crippen LogP contribution is -2.14. The van der Waals surface area contributed by atoms with Gasteiger partial charge in [0.1, 0.15) is 6.33 Å². The van der Waals surface area contributed by atoms with Gasteiger partial charge in [0.15, 0.2) is 11.0 Å². The van der Waals surface area contributed by atoms with E-state index in [1.165, 1.54) is 18.1 Å². The summed E-state index contributed by atoms with van der Waals surface area (Å²) in [6, 6.07) is 5.70. The second kappa shape index (κ2) is 4.88. The van der Waals surface area contributed by atoms with E-state index in [0.29, 0.717) is 10.7 Å². The molecule has 1 aromatic carbocycles. The second-order valence-corrected chi connectivity index (χ2v) is 4.41. The Morgan fingerprint density at radius 2 is 2.35 bits per heavy atom. The van der Waals surface area contributed by atoms with Crippen LogP contribution in [0, 0.1) is 6.92 Å². The maximum Gasteiger partial charge on any atom is 0.188 e. The van der Waals surface area contributed by atoms with Crippen LogP contribution in [-0.4, -0.2) is 26.2 Å². The molecule has 2 rings (SSSR count). The van der Waals surface area contributed by atoms with Crippen molar-refractivity contribution < 1.29 is 5.21 Å². The molecule has 0 unspecified atom stereocenters. The van der Waals surface area contributed by atoms with Crippen LogP contribution in [0.15, 0.2) is 39.7 Å². The molecule has 7 heteroatoms. The fourth-order valence-corrected chi connectivity index (χ4v) is 2.15. The third-order valence-electron chi connectivity index (χ3n) is 2.12. The standard InChI is InChI=1S/C10H11N5OS/c1-6-2-3-8(7(4-6)9(11)15-16)17-10-12-5-13-14-10/h2-5,16H,1H3,(H2,11,15)(H,12,13,14). The minimum Gasteiger partial charge on any atom is -0.409 e. The van der Waals surface area contributed by atoms with Crippen LogP contribution in [0.25, 0.3) is 0 Å². The third kappa shape index (κ3) is 2.56. The molecule has 0 aliphatic carbocycles. The predicted molar refractivity (Wildman–Crippen MR) is 64.2 cm³/mol. The van der Waals surface area contributed by atoms with Crippen molar-refractivity contribution in [1.29, 1.82) is 0 Å². The minimum atomic E-state index is 0.0794. The number of hydrogen-bond acceptors (Lipinski definition) is 5. The van der Waals surface area contributed by atoms with Gasteiger partial charge in [0.25, 0.3) is 0 Å². The van der Waals surface area contributed by atoms with Crippen LogP contribution in [0.4, 0.5) is 0 Å². The Balaban J connectivity index is 2.39. The van der Waals surface area contributed by atoms with Gasteiger partial charge in [-0.25, -0.2) is 4.98 Å². The van der Waals surface area contributed by atoms with Crippen molar-refractivity contribution in [3.8, 4) is 0 Å². The van der Waals surface area contributed by atoms with E-state index in [0.717, 1.165) is 10.5 Å². The van der Waals surface area contributed by atoms with Gasteiger partial charge in [-0.3, -0.25) is 5.10 Å². The van der Waals surface area contributed by atoms with Gasteiger partial charge in [0.2, 0.25) is 0 Å².